The minimum atomic E-state index is 0.497. The third-order valence-electron chi connectivity index (χ3n) is 3.42. The van der Waals surface area contributed by atoms with Crippen LogP contribution in [0.25, 0.3) is 0 Å². The molecule has 1 aromatic carbocycles. The molecule has 0 saturated heterocycles. The van der Waals surface area contributed by atoms with E-state index in [0.717, 1.165) is 36.6 Å². The third-order valence-corrected chi connectivity index (χ3v) is 3.42. The van der Waals surface area contributed by atoms with Crippen molar-refractivity contribution in [3.8, 4) is 5.75 Å². The Morgan fingerprint density at radius 1 is 1.20 bits per heavy atom. The fourth-order valence-electron chi connectivity index (χ4n) is 2.08. The maximum atomic E-state index is 5.82. The molecule has 0 aliphatic heterocycles. The molecule has 0 unspecified atom stereocenters. The van der Waals surface area contributed by atoms with Crippen molar-refractivity contribution in [2.24, 2.45) is 0 Å². The standard InChI is InChI=1S/C16H23N3O/c1-4-13-6-8-14(9-7-13)20-11-16-15(10-17-5-2)12(3)18-19-16/h6-9,17H,4-5,10-11H2,1-3H3,(H,18,19). The van der Waals surface area contributed by atoms with Gasteiger partial charge in [-0.2, -0.15) is 5.10 Å². The van der Waals surface area contributed by atoms with Gasteiger partial charge in [0.2, 0.25) is 0 Å². The van der Waals surface area contributed by atoms with Crippen molar-refractivity contribution in [3.05, 3.63) is 46.8 Å². The van der Waals surface area contributed by atoms with Crippen LogP contribution in [0.5, 0.6) is 5.75 Å². The van der Waals surface area contributed by atoms with Crippen LogP contribution in [0, 0.1) is 6.92 Å². The van der Waals surface area contributed by atoms with Gasteiger partial charge in [-0.3, -0.25) is 5.10 Å². The zero-order valence-corrected chi connectivity index (χ0v) is 12.5. The first-order chi connectivity index (χ1) is 9.74. The highest BCUT2D eigenvalue weighted by Crippen LogP contribution is 2.16. The van der Waals surface area contributed by atoms with Crippen molar-refractivity contribution in [1.29, 1.82) is 0 Å². The lowest BCUT2D eigenvalue weighted by Gasteiger charge is -2.08. The second kappa shape index (κ2) is 7.10. The maximum absolute atomic E-state index is 5.82. The highest BCUT2D eigenvalue weighted by Gasteiger charge is 2.10. The first-order valence-corrected chi connectivity index (χ1v) is 7.19. The molecule has 0 amide bonds. The van der Waals surface area contributed by atoms with Crippen molar-refractivity contribution in [2.45, 2.75) is 40.3 Å². The number of ether oxygens (including phenoxy) is 1. The number of rotatable bonds is 7. The number of nitrogens with one attached hydrogen (secondary N) is 2. The smallest absolute Gasteiger partial charge is 0.132 e. The average molecular weight is 273 g/mol. The summed E-state index contributed by atoms with van der Waals surface area (Å²) in [6.45, 7) is 8.56. The molecule has 108 valence electrons. The Labute approximate surface area is 120 Å². The first-order valence-electron chi connectivity index (χ1n) is 7.19. The van der Waals surface area contributed by atoms with Gasteiger partial charge in [-0.25, -0.2) is 0 Å². The highest BCUT2D eigenvalue weighted by molar-refractivity contribution is 5.28. The molecule has 0 aliphatic rings. The zero-order chi connectivity index (χ0) is 14.4. The van der Waals surface area contributed by atoms with Crippen LogP contribution in [-0.4, -0.2) is 16.7 Å². The van der Waals surface area contributed by atoms with Crippen LogP contribution in [0.2, 0.25) is 0 Å². The van der Waals surface area contributed by atoms with E-state index in [9.17, 15) is 0 Å². The number of nitrogens with zero attached hydrogens (tertiary/aromatic N) is 1. The van der Waals surface area contributed by atoms with Crippen molar-refractivity contribution in [2.75, 3.05) is 6.54 Å². The lowest BCUT2D eigenvalue weighted by Crippen LogP contribution is -2.14. The van der Waals surface area contributed by atoms with Crippen LogP contribution in [-0.2, 0) is 19.6 Å². The van der Waals surface area contributed by atoms with Crippen LogP contribution >= 0.6 is 0 Å². The zero-order valence-electron chi connectivity index (χ0n) is 12.5. The summed E-state index contributed by atoms with van der Waals surface area (Å²) >= 11 is 0. The summed E-state index contributed by atoms with van der Waals surface area (Å²) in [6.07, 6.45) is 1.05. The molecule has 0 radical (unpaired) electrons. The number of aryl methyl sites for hydroxylation is 2. The van der Waals surface area contributed by atoms with E-state index in [2.05, 4.69) is 41.5 Å². The molecule has 2 aromatic rings. The third kappa shape index (κ3) is 3.61. The lowest BCUT2D eigenvalue weighted by atomic mass is 10.2. The first kappa shape index (κ1) is 14.6. The van der Waals surface area contributed by atoms with E-state index in [1.807, 2.05) is 19.1 Å². The van der Waals surface area contributed by atoms with Gasteiger partial charge in [0.15, 0.2) is 0 Å². The summed E-state index contributed by atoms with van der Waals surface area (Å²) in [4.78, 5) is 0. The monoisotopic (exact) mass is 273 g/mol. The van der Waals surface area contributed by atoms with Crippen LogP contribution < -0.4 is 10.1 Å². The lowest BCUT2D eigenvalue weighted by molar-refractivity contribution is 0.299. The topological polar surface area (TPSA) is 49.9 Å². The number of aromatic amines is 1. The predicted octanol–water partition coefficient (Wildman–Crippen LogP) is 2.97. The fraction of sp³-hybridized carbons (Fsp3) is 0.438. The molecule has 2 rings (SSSR count). The highest BCUT2D eigenvalue weighted by atomic mass is 16.5. The van der Waals surface area contributed by atoms with E-state index in [1.54, 1.807) is 0 Å². The Morgan fingerprint density at radius 2 is 1.95 bits per heavy atom. The van der Waals surface area contributed by atoms with Crippen LogP contribution in [0.1, 0.15) is 36.4 Å². The molecule has 0 aliphatic carbocycles. The molecule has 2 N–H and O–H groups in total. The molecule has 0 fully saturated rings. The molecule has 1 heterocycles. The van der Waals surface area contributed by atoms with E-state index in [0.29, 0.717) is 6.61 Å². The summed E-state index contributed by atoms with van der Waals surface area (Å²) in [5.41, 5.74) is 4.60. The molecule has 1 aromatic heterocycles. The summed E-state index contributed by atoms with van der Waals surface area (Å²) in [6, 6.07) is 8.24. The van der Waals surface area contributed by atoms with Crippen molar-refractivity contribution in [3.63, 3.8) is 0 Å². The van der Waals surface area contributed by atoms with Crippen LogP contribution in [0.15, 0.2) is 24.3 Å². The van der Waals surface area contributed by atoms with E-state index in [-0.39, 0.29) is 0 Å². The summed E-state index contributed by atoms with van der Waals surface area (Å²) < 4.78 is 5.82. The summed E-state index contributed by atoms with van der Waals surface area (Å²) in [5, 5.41) is 10.7. The van der Waals surface area contributed by atoms with Gasteiger partial charge < -0.3 is 10.1 Å². The summed E-state index contributed by atoms with van der Waals surface area (Å²) in [7, 11) is 0. The molecule has 4 heteroatoms. The van der Waals surface area contributed by atoms with Crippen molar-refractivity contribution < 1.29 is 4.74 Å². The minimum absolute atomic E-state index is 0.497. The van der Waals surface area contributed by atoms with Crippen molar-refractivity contribution >= 4 is 0 Å². The van der Waals surface area contributed by atoms with Crippen LogP contribution in [0.3, 0.4) is 0 Å². The molecule has 0 bridgehead atoms. The molecule has 20 heavy (non-hydrogen) atoms. The minimum Gasteiger partial charge on any atom is -0.487 e. The fourth-order valence-corrected chi connectivity index (χ4v) is 2.08. The molecule has 0 spiro atoms. The van der Waals surface area contributed by atoms with E-state index < -0.39 is 0 Å². The number of hydrogen-bond acceptors (Lipinski definition) is 3. The van der Waals surface area contributed by atoms with E-state index in [4.69, 9.17) is 4.74 Å². The van der Waals surface area contributed by atoms with Gasteiger partial charge in [0.1, 0.15) is 18.1 Å². The van der Waals surface area contributed by atoms with Crippen LogP contribution in [0.4, 0.5) is 0 Å². The second-order valence-corrected chi connectivity index (χ2v) is 4.84. The van der Waals surface area contributed by atoms with Gasteiger partial charge in [0.25, 0.3) is 0 Å². The molecule has 0 saturated carbocycles. The average Bonchev–Trinajstić information content (AvgIpc) is 2.84. The molecular weight excluding hydrogens is 250 g/mol. The summed E-state index contributed by atoms with van der Waals surface area (Å²) in [5.74, 6) is 0.886. The maximum Gasteiger partial charge on any atom is 0.132 e. The number of benzene rings is 1. The Balaban J connectivity index is 1.99. The molecule has 0 atom stereocenters. The normalized spacial score (nSPS) is 10.8. The Bertz CT molecular complexity index is 531. The second-order valence-electron chi connectivity index (χ2n) is 4.84. The quantitative estimate of drug-likeness (QED) is 0.815. The van der Waals surface area contributed by atoms with Gasteiger partial charge in [-0.05, 0) is 37.6 Å². The number of aromatic nitrogens is 2. The Hall–Kier alpha value is -1.81. The predicted molar refractivity (Wildman–Crippen MR) is 80.9 cm³/mol. The Kier molecular flexibility index (Phi) is 5.18. The van der Waals surface area contributed by atoms with E-state index in [1.165, 1.54) is 11.1 Å². The van der Waals surface area contributed by atoms with Gasteiger partial charge >= 0.3 is 0 Å². The molecule has 4 nitrogen and oxygen atoms in total. The van der Waals surface area contributed by atoms with Crippen molar-refractivity contribution in [1.82, 2.24) is 15.5 Å². The SMILES string of the molecule is CCNCc1c(COc2ccc(CC)cc2)n[nH]c1C. The van der Waals surface area contributed by atoms with Gasteiger partial charge in [0.05, 0.1) is 0 Å². The molecular formula is C16H23N3O. The number of hydrogen-bond donors (Lipinski definition) is 2. The number of H-pyrrole nitrogens is 1. The van der Waals surface area contributed by atoms with E-state index >= 15 is 0 Å². The largest absolute Gasteiger partial charge is 0.487 e. The Morgan fingerprint density at radius 3 is 2.60 bits per heavy atom. The van der Waals surface area contributed by atoms with Gasteiger partial charge in [0, 0.05) is 17.8 Å². The van der Waals surface area contributed by atoms with Gasteiger partial charge in [-0.15, -0.1) is 0 Å². The van der Waals surface area contributed by atoms with Gasteiger partial charge in [-0.1, -0.05) is 26.0 Å².